The molecule has 2 N–H and O–H groups in total. The Bertz CT molecular complexity index is 3870. The Morgan fingerprint density at radius 2 is 0.396 bits per heavy atom. The van der Waals surface area contributed by atoms with Crippen molar-refractivity contribution >= 4 is 149 Å². The van der Waals surface area contributed by atoms with E-state index in [1.165, 1.54) is 151 Å². The average molecular weight is 1570 g/mol. The van der Waals surface area contributed by atoms with Crippen LogP contribution in [0.4, 0.5) is 0 Å². The second-order valence-corrected chi connectivity index (χ2v) is 74.0. The third-order valence-electron chi connectivity index (χ3n) is 30.6. The van der Waals surface area contributed by atoms with Gasteiger partial charge in [-0.2, -0.15) is 0 Å². The monoisotopic (exact) mass is 1570 g/mol. The summed E-state index contributed by atoms with van der Waals surface area (Å²) in [5.41, 5.74) is 3.91. The first-order chi connectivity index (χ1) is 50.9. The van der Waals surface area contributed by atoms with E-state index < -0.39 is 64.6 Å². The minimum Gasteiger partial charge on any atom is -0.507 e. The minimum atomic E-state index is -1.89. The van der Waals surface area contributed by atoms with E-state index in [1.54, 1.807) is 45.3 Å². The number of ether oxygens (including phenoxy) is 4. The molecule has 0 atom stereocenters. The molecule has 106 heavy (non-hydrogen) atoms. The van der Waals surface area contributed by atoms with Gasteiger partial charge >= 0.3 is 0 Å². The van der Waals surface area contributed by atoms with Crippen LogP contribution in [0, 0.1) is 0 Å². The molecule has 6 nitrogen and oxygen atoms in total. The van der Waals surface area contributed by atoms with Crippen molar-refractivity contribution in [1.82, 2.24) is 0 Å². The standard InChI is InChI=1S/C48H78O4Si4.C44H70O2Si4/c1-15-53(16-2,17-3)37-27-29-39-41(31-37)45(55(21-7,22-8)23-9)33-43(51-35-49-13)47(39)48-40-30-28-38(54(18-4,19-5)20-6)32-42(40)46(34-44(48)52-36-50-14)56(24-10,25-11)26-12;1-13-47(14-2,15-3)33-25-27-35-37(29-33)41(49(19-7,20-8)21-9)31-39(45)43(35)44-36-28-26-34(48(16-4,17-5)18-6)30-38(36)42(32-40(44)46)50(22-10,23-11)24-12/h27-34H,15-26,35-36H2,1-14H3;25-32,45-46H,13-24H2,1-12H3. The molecule has 0 saturated carbocycles. The Kier molecular flexibility index (Phi) is 32.1. The third kappa shape index (κ3) is 15.8. The van der Waals surface area contributed by atoms with Crippen LogP contribution in [0.5, 0.6) is 23.0 Å². The van der Waals surface area contributed by atoms with Gasteiger partial charge in [-0.1, -0.05) is 405 Å². The maximum absolute atomic E-state index is 12.3. The summed E-state index contributed by atoms with van der Waals surface area (Å²) in [6, 6.07) is 68.5. The molecule has 0 amide bonds. The van der Waals surface area contributed by atoms with Gasteiger partial charge in [0.15, 0.2) is 13.6 Å². The van der Waals surface area contributed by atoms with Gasteiger partial charge < -0.3 is 29.2 Å². The first-order valence-corrected chi connectivity index (χ1v) is 64.0. The van der Waals surface area contributed by atoms with Crippen molar-refractivity contribution in [2.75, 3.05) is 27.8 Å². The predicted octanol–water partition coefficient (Wildman–Crippen LogP) is 24.4. The lowest BCUT2D eigenvalue weighted by molar-refractivity contribution is 0.0502. The Hall–Kier alpha value is -4.34. The van der Waals surface area contributed by atoms with Gasteiger partial charge in [-0.3, -0.25) is 0 Å². The van der Waals surface area contributed by atoms with Crippen molar-refractivity contribution < 1.29 is 29.2 Å². The van der Waals surface area contributed by atoms with Crippen LogP contribution in [0.15, 0.2) is 97.1 Å². The topological polar surface area (TPSA) is 77.4 Å². The number of rotatable bonds is 40. The summed E-state index contributed by atoms with van der Waals surface area (Å²) in [6.45, 7) is 58.2. The molecule has 0 fully saturated rings. The Morgan fingerprint density at radius 1 is 0.217 bits per heavy atom. The fourth-order valence-electron chi connectivity index (χ4n) is 20.9. The largest absolute Gasteiger partial charge is 0.507 e. The van der Waals surface area contributed by atoms with E-state index in [1.807, 2.05) is 0 Å². The van der Waals surface area contributed by atoms with Gasteiger partial charge in [0.2, 0.25) is 0 Å². The van der Waals surface area contributed by atoms with Gasteiger partial charge in [0.25, 0.3) is 0 Å². The molecule has 14 heteroatoms. The average Bonchev–Trinajstić information content (AvgIpc) is 0.720. The predicted molar refractivity (Wildman–Crippen MR) is 497 cm³/mol. The van der Waals surface area contributed by atoms with Crippen LogP contribution in [0.2, 0.25) is 145 Å². The van der Waals surface area contributed by atoms with E-state index in [0.717, 1.165) is 80.8 Å². The third-order valence-corrected chi connectivity index (χ3v) is 75.4. The Balaban J connectivity index is 0.000000298. The second kappa shape index (κ2) is 38.3. The van der Waals surface area contributed by atoms with Gasteiger partial charge in [-0.25, -0.2) is 0 Å². The molecule has 0 aromatic heterocycles. The molecule has 0 spiro atoms. The SMILES string of the molecule is CC[Si](CC)(CC)c1ccc2c(-c3c(O)cc([Si](CC)(CC)CC)c4cc([Si](CC)(CC)CC)ccc34)c(O)cc([Si](CC)(CC)CC)c2c1.CC[Si](CC)(CC)c1ccc2c(-c3c(OCOC)cc([Si](CC)(CC)CC)c4cc([Si](CC)(CC)CC)ccc34)c(OCOC)cc([Si](CC)(CC)CC)c2c1. The lowest BCUT2D eigenvalue weighted by Crippen LogP contribution is -2.48. The Labute approximate surface area is 654 Å². The lowest BCUT2D eigenvalue weighted by atomic mass is 9.92. The van der Waals surface area contributed by atoms with Crippen molar-refractivity contribution in [3.63, 3.8) is 0 Å². The minimum absolute atomic E-state index is 0.191. The number of hydrogen-bond donors (Lipinski definition) is 2. The highest BCUT2D eigenvalue weighted by atomic mass is 28.3. The van der Waals surface area contributed by atoms with Crippen LogP contribution in [0.25, 0.3) is 65.3 Å². The normalized spacial score (nSPS) is 13.0. The molecule has 0 bridgehead atoms. The fourth-order valence-corrected chi connectivity index (χ4v) is 50.8. The van der Waals surface area contributed by atoms with Crippen LogP contribution >= 0.6 is 0 Å². The van der Waals surface area contributed by atoms with Gasteiger partial charge in [0.05, 0.1) is 64.6 Å². The summed E-state index contributed by atoms with van der Waals surface area (Å²) in [4.78, 5) is 0. The summed E-state index contributed by atoms with van der Waals surface area (Å²) >= 11 is 0. The maximum Gasteiger partial charge on any atom is 0.188 e. The van der Waals surface area contributed by atoms with Crippen molar-refractivity contribution in [2.45, 2.75) is 311 Å². The van der Waals surface area contributed by atoms with E-state index >= 15 is 0 Å². The molecule has 0 unspecified atom stereocenters. The summed E-state index contributed by atoms with van der Waals surface area (Å²) in [5.74, 6) is 2.47. The molecule has 0 heterocycles. The van der Waals surface area contributed by atoms with Crippen molar-refractivity contribution in [3.8, 4) is 45.3 Å². The van der Waals surface area contributed by atoms with E-state index in [0.29, 0.717) is 11.5 Å². The van der Waals surface area contributed by atoms with Gasteiger partial charge in [0, 0.05) is 36.5 Å². The number of fused-ring (bicyclic) bond motifs is 4. The van der Waals surface area contributed by atoms with Crippen LogP contribution in [-0.4, -0.2) is 103 Å². The number of aromatic hydroxyl groups is 2. The molecule has 0 aliphatic rings. The highest BCUT2D eigenvalue weighted by Gasteiger charge is 2.42. The molecule has 8 aromatic carbocycles. The molecule has 0 aliphatic carbocycles. The summed E-state index contributed by atoms with van der Waals surface area (Å²) < 4.78 is 25.0. The van der Waals surface area contributed by atoms with Crippen LogP contribution in [0.1, 0.15) is 166 Å². The van der Waals surface area contributed by atoms with Crippen molar-refractivity contribution in [2.24, 2.45) is 0 Å². The van der Waals surface area contributed by atoms with Gasteiger partial charge in [-0.05, 0) is 88.1 Å². The Morgan fingerprint density at radius 3 is 0.575 bits per heavy atom. The zero-order valence-corrected chi connectivity index (χ0v) is 80.1. The summed E-state index contributed by atoms with van der Waals surface area (Å²) in [5, 5.41) is 47.2. The molecular weight excluding hydrogens is 1430 g/mol. The maximum atomic E-state index is 12.3. The fraction of sp³-hybridized carbons (Fsp3) is 0.565. The number of phenolic OH excluding ortho intramolecular Hbond substituents is 2. The van der Waals surface area contributed by atoms with Crippen molar-refractivity contribution in [3.05, 3.63) is 97.1 Å². The second-order valence-electron chi connectivity index (χ2n) is 32.1. The first-order valence-electron chi connectivity index (χ1n) is 43.0. The highest BCUT2D eigenvalue weighted by molar-refractivity contribution is 6.97. The summed E-state index contributed by atoms with van der Waals surface area (Å²) in [6.07, 6.45) is 0. The van der Waals surface area contributed by atoms with E-state index in [4.69, 9.17) is 18.9 Å². The number of methoxy groups -OCH3 is 2. The first kappa shape index (κ1) is 88.9. The van der Waals surface area contributed by atoms with Gasteiger partial charge in [-0.15, -0.1) is 0 Å². The molecule has 0 aliphatic heterocycles. The number of hydrogen-bond acceptors (Lipinski definition) is 6. The van der Waals surface area contributed by atoms with E-state index in [-0.39, 0.29) is 13.6 Å². The quantitative estimate of drug-likeness (QED) is 0.0294. The lowest BCUT2D eigenvalue weighted by Gasteiger charge is -2.35. The highest BCUT2D eigenvalue weighted by Crippen LogP contribution is 2.49. The van der Waals surface area contributed by atoms with E-state index in [2.05, 4.69) is 263 Å². The molecule has 8 rings (SSSR count). The van der Waals surface area contributed by atoms with Crippen molar-refractivity contribution in [1.29, 1.82) is 0 Å². The van der Waals surface area contributed by atoms with Crippen LogP contribution in [-0.2, 0) is 9.47 Å². The smallest absolute Gasteiger partial charge is 0.188 e. The number of benzene rings is 8. The molecular formula is C92H148O6Si8. The summed E-state index contributed by atoms with van der Waals surface area (Å²) in [7, 11) is -10.7. The molecule has 0 radical (unpaired) electrons. The number of phenols is 2. The molecule has 584 valence electrons. The zero-order chi connectivity index (χ0) is 78.4. The zero-order valence-electron chi connectivity index (χ0n) is 72.1. The van der Waals surface area contributed by atoms with Crippen LogP contribution < -0.4 is 51.0 Å². The molecule has 8 aromatic rings. The van der Waals surface area contributed by atoms with Crippen LogP contribution in [0.3, 0.4) is 0 Å². The van der Waals surface area contributed by atoms with E-state index in [9.17, 15) is 10.2 Å². The molecule has 0 saturated heterocycles. The van der Waals surface area contributed by atoms with Gasteiger partial charge in [0.1, 0.15) is 23.0 Å².